The van der Waals surface area contributed by atoms with Gasteiger partial charge in [-0.05, 0) is 86.3 Å². The van der Waals surface area contributed by atoms with Crippen LogP contribution in [0, 0.1) is 34.5 Å². The number of aromatic nitrogens is 6. The van der Waals surface area contributed by atoms with Crippen LogP contribution in [0.25, 0.3) is 21.8 Å². The van der Waals surface area contributed by atoms with Gasteiger partial charge in [0.05, 0.1) is 41.8 Å². The number of rotatable bonds is 34. The van der Waals surface area contributed by atoms with Crippen molar-refractivity contribution in [1.29, 1.82) is 10.8 Å². The van der Waals surface area contributed by atoms with Crippen LogP contribution in [0.4, 0.5) is 0 Å². The number of hydrogen-bond donors (Lipinski definition) is 17. The third-order valence-electron chi connectivity index (χ3n) is 20.7. The van der Waals surface area contributed by atoms with E-state index < -0.39 is 149 Å². The minimum Gasteiger partial charge on any atom is -0.388 e. The highest BCUT2D eigenvalue weighted by Crippen LogP contribution is 2.31. The van der Waals surface area contributed by atoms with Crippen molar-refractivity contribution in [3.63, 3.8) is 0 Å². The van der Waals surface area contributed by atoms with Crippen LogP contribution < -0.4 is 59.3 Å². The van der Waals surface area contributed by atoms with Crippen LogP contribution in [-0.2, 0) is 96.1 Å². The van der Waals surface area contributed by atoms with E-state index in [2.05, 4.69) is 77.8 Å². The topological polar surface area (TPSA) is 502 Å². The number of aromatic amines is 4. The first kappa shape index (κ1) is 89.2. The number of guanidine groups is 1. The first-order valence-electron chi connectivity index (χ1n) is 39.6. The SMILES string of the molecule is CC(=O)N[C@@H](C)C(=O)N[C@@H](Cc1c[nH]cn1)C(=O)N[C@H](Cc1ccccc1)C(=O)N[C@@H](CCCCC(=N)N)C(=O)C[C@@H](Cc1c[nH]c2ccccc12)C(=O)C[C@H]1CCSSCCCNC(=O)[C@H](Cc2c[nH]c3ccccc23)NC(=O)[C@H](CCCNC(=N)N)NC(=O)[C@@H](Cc2ccccc2)NC(=O)[C@H](Cc2c[nH]cn2)CC(=O)[C@H](C)CC1=O. The molecule has 0 radical (unpaired) electrons. The van der Waals surface area contributed by atoms with Gasteiger partial charge in [0, 0.05) is 160 Å². The summed E-state index contributed by atoms with van der Waals surface area (Å²) in [6.07, 6.45) is 9.31. The standard InChI is InChI=1S/C84H107N19O12S2/c1-50-34-73(106)55(40-74(107)56(37-58-44-93-64-24-12-10-22-62(58)64)41-75(108)66(26-14-15-28-76(85)86)98-81(113)69(36-54-20-8-5-9-21-54)102-83(115)71(43-61-47-90-49-96-61)100-77(109)51(2)97-52(3)104)29-33-117-116-32-17-31-91-79(111)70(39-59-45-94-65-25-13-11-23-63(59)65)103-80(112)67(27-16-30-92-84(87)88)99-82(114)68(35-53-18-6-4-7-19-53)101-78(110)57(42-72(50)105)38-60-46-89-48-95-60/h4-13,18-25,44-51,55-57,66-71,93-94H,14-17,26-43H2,1-3H3,(H3,85,86)(H,89,95)(H,90,96)(H,91,111)(H,97,104)(H,98,113)(H,99,114)(H,100,109)(H,101,110)(H,102,115)(H,103,112)(H4,87,88,92)/t50-,51+,55-,56-,57-,66+,67+,68-,69-,70+,71+/m1/s1. The maximum Gasteiger partial charge on any atom is 0.243 e. The van der Waals surface area contributed by atoms with E-state index in [9.17, 15) is 28.8 Å². The molecule has 31 nitrogen and oxygen atoms in total. The first-order chi connectivity index (χ1) is 56.3. The Morgan fingerprint density at radius 1 is 0.564 bits per heavy atom. The summed E-state index contributed by atoms with van der Waals surface area (Å²) in [6, 6.07) is 23.8. The lowest BCUT2D eigenvalue weighted by molar-refractivity contribution is -0.136. The zero-order valence-electron chi connectivity index (χ0n) is 66.0. The summed E-state index contributed by atoms with van der Waals surface area (Å²) in [5, 5.41) is 42.7. The second kappa shape index (κ2) is 45.5. The fourth-order valence-corrected chi connectivity index (χ4v) is 16.5. The Hall–Kier alpha value is -11.7. The maximum atomic E-state index is 15.7. The van der Waals surface area contributed by atoms with Gasteiger partial charge in [0.2, 0.25) is 47.3 Å². The Morgan fingerprint density at radius 2 is 1.15 bits per heavy atom. The highest BCUT2D eigenvalue weighted by atomic mass is 33.1. The number of unbranched alkanes of at least 4 members (excludes halogenated alkanes) is 1. The van der Waals surface area contributed by atoms with Crippen molar-refractivity contribution in [2.45, 2.75) is 179 Å². The Balaban J connectivity index is 1.01. The second-order valence-electron chi connectivity index (χ2n) is 29.8. The Morgan fingerprint density at radius 3 is 1.80 bits per heavy atom. The monoisotopic (exact) mass is 1640 g/mol. The number of amidine groups is 1. The number of hydrogen-bond acceptors (Lipinski definition) is 18. The number of imidazole rings is 2. The highest BCUT2D eigenvalue weighted by Gasteiger charge is 2.38. The van der Waals surface area contributed by atoms with Crippen LogP contribution in [0.3, 0.4) is 0 Å². The average molecular weight is 1640 g/mol. The summed E-state index contributed by atoms with van der Waals surface area (Å²) in [7, 11) is 2.92. The van der Waals surface area contributed by atoms with E-state index in [0.29, 0.717) is 52.4 Å². The molecule has 1 aliphatic heterocycles. The number of nitrogens with two attached hydrogens (primary N) is 2. The zero-order chi connectivity index (χ0) is 83.8. The Kier molecular flexibility index (Phi) is 34.7. The first-order valence-corrected chi connectivity index (χ1v) is 42.1. The van der Waals surface area contributed by atoms with Gasteiger partial charge in [0.25, 0.3) is 0 Å². The molecule has 4 aromatic carbocycles. The van der Waals surface area contributed by atoms with Crippen molar-refractivity contribution < 1.29 is 57.5 Å². The number of H-pyrrole nitrogens is 4. The molecular weight excluding hydrogens is 1530 g/mol. The Labute approximate surface area is 686 Å². The number of ketones is 4. The van der Waals surface area contributed by atoms with Gasteiger partial charge < -0.3 is 79.3 Å². The zero-order valence-corrected chi connectivity index (χ0v) is 67.7. The number of Topliss-reactive ketones (excluding diaryl/α,β-unsaturated/α-hetero) is 4. The van der Waals surface area contributed by atoms with Gasteiger partial charge >= 0.3 is 0 Å². The van der Waals surface area contributed by atoms with Crippen molar-refractivity contribution in [3.8, 4) is 0 Å². The molecule has 1 aliphatic rings. The minimum atomic E-state index is -1.37. The van der Waals surface area contributed by atoms with Crippen LogP contribution in [0.15, 0.2) is 147 Å². The number of fused-ring (bicyclic) bond motifs is 2. The van der Waals surface area contributed by atoms with Gasteiger partial charge in [-0.2, -0.15) is 0 Å². The molecule has 33 heteroatoms. The molecule has 1 fully saturated rings. The molecule has 0 saturated carbocycles. The predicted molar refractivity (Wildman–Crippen MR) is 449 cm³/mol. The molecular formula is C84H107N19O12S2. The number of benzene rings is 4. The van der Waals surface area contributed by atoms with Crippen molar-refractivity contribution in [2.24, 2.45) is 35.1 Å². The molecule has 0 aliphatic carbocycles. The molecule has 8 aromatic rings. The van der Waals surface area contributed by atoms with Crippen LogP contribution in [0.2, 0.25) is 0 Å². The molecule has 117 heavy (non-hydrogen) atoms. The van der Waals surface area contributed by atoms with Gasteiger partial charge in [-0.3, -0.25) is 68.4 Å². The van der Waals surface area contributed by atoms with E-state index in [0.717, 1.165) is 27.4 Å². The molecule has 5 heterocycles. The lowest BCUT2D eigenvalue weighted by Crippen LogP contribution is -2.58. The van der Waals surface area contributed by atoms with Gasteiger partial charge in [0.1, 0.15) is 53.6 Å². The minimum absolute atomic E-state index is 0.00790. The molecule has 9 rings (SSSR count). The fraction of sp³-hybridized carbons (Fsp3) is 0.429. The fourth-order valence-electron chi connectivity index (χ4n) is 14.2. The van der Waals surface area contributed by atoms with E-state index >= 15 is 28.8 Å². The lowest BCUT2D eigenvalue weighted by Gasteiger charge is -2.27. The van der Waals surface area contributed by atoms with Gasteiger partial charge in [-0.15, -0.1) is 0 Å². The third kappa shape index (κ3) is 28.6. The quantitative estimate of drug-likeness (QED) is 0.0100. The van der Waals surface area contributed by atoms with Crippen molar-refractivity contribution >= 4 is 126 Å². The summed E-state index contributed by atoms with van der Waals surface area (Å²) in [5.74, 6) is -11.1. The molecule has 0 unspecified atom stereocenters. The van der Waals surface area contributed by atoms with Crippen molar-refractivity contribution in [3.05, 3.63) is 180 Å². The smallest absolute Gasteiger partial charge is 0.243 e. The second-order valence-corrected chi connectivity index (χ2v) is 32.5. The normalized spacial score (nSPS) is 19.1. The van der Waals surface area contributed by atoms with Crippen LogP contribution in [0.5, 0.6) is 0 Å². The van der Waals surface area contributed by atoms with Crippen molar-refractivity contribution in [1.82, 2.24) is 77.8 Å². The van der Waals surface area contributed by atoms with E-state index in [1.807, 2.05) is 48.5 Å². The average Bonchev–Trinajstić information content (AvgIpc) is 1.70. The Bertz CT molecular complexity index is 4690. The molecule has 8 amide bonds. The van der Waals surface area contributed by atoms with Crippen molar-refractivity contribution in [2.75, 3.05) is 24.6 Å². The van der Waals surface area contributed by atoms with Gasteiger partial charge in [-0.25, -0.2) is 9.97 Å². The van der Waals surface area contributed by atoms with Gasteiger partial charge in [-0.1, -0.05) is 132 Å². The molecule has 11 atom stereocenters. The van der Waals surface area contributed by atoms with E-state index in [4.69, 9.17) is 22.3 Å². The molecule has 0 bridgehead atoms. The number of para-hydroxylation sites is 2. The van der Waals surface area contributed by atoms with E-state index in [-0.39, 0.29) is 115 Å². The van der Waals surface area contributed by atoms with Gasteiger partial charge in [0.15, 0.2) is 11.7 Å². The van der Waals surface area contributed by atoms with Crippen LogP contribution in [-0.4, -0.2) is 179 Å². The summed E-state index contributed by atoms with van der Waals surface area (Å²) in [5.41, 5.74) is 16.5. The van der Waals surface area contributed by atoms with E-state index in [1.54, 1.807) is 92.4 Å². The predicted octanol–water partition coefficient (Wildman–Crippen LogP) is 5.66. The number of nitrogens with zero attached hydrogens (tertiary/aromatic N) is 2. The summed E-state index contributed by atoms with van der Waals surface area (Å²) in [6.45, 7) is 4.62. The molecule has 622 valence electrons. The molecule has 0 spiro atoms. The van der Waals surface area contributed by atoms with E-state index in [1.165, 1.54) is 48.1 Å². The number of carbonyl (C=O) groups is 12. The highest BCUT2D eigenvalue weighted by molar-refractivity contribution is 8.76. The van der Waals surface area contributed by atoms with Crippen LogP contribution in [0.1, 0.15) is 131 Å². The maximum absolute atomic E-state index is 15.7. The number of carbonyl (C=O) groups excluding carboxylic acids is 12. The summed E-state index contributed by atoms with van der Waals surface area (Å²) in [4.78, 5) is 197. The van der Waals surface area contributed by atoms with Crippen LogP contribution >= 0.6 is 21.6 Å². The summed E-state index contributed by atoms with van der Waals surface area (Å²) < 4.78 is 0. The molecule has 1 saturated heterocycles. The largest absolute Gasteiger partial charge is 0.388 e. The number of amides is 8. The number of nitrogens with one attached hydrogen (secondary N) is 15. The third-order valence-corrected chi connectivity index (χ3v) is 23.2. The lowest BCUT2D eigenvalue weighted by atomic mass is 9.81. The molecule has 4 aromatic heterocycles. The summed E-state index contributed by atoms with van der Waals surface area (Å²) >= 11 is 0. The molecule has 19 N–H and O–H groups in total.